The van der Waals surface area contributed by atoms with E-state index in [1.165, 1.54) is 22.5 Å². The molecular formula is C14H16FN3O5S2. The predicted octanol–water partition coefficient (Wildman–Crippen LogP) is 1.28. The first-order chi connectivity index (χ1) is 11.7. The lowest BCUT2D eigenvalue weighted by molar-refractivity contribution is 0.303. The Morgan fingerprint density at radius 2 is 1.96 bits per heavy atom. The van der Waals surface area contributed by atoms with Crippen molar-refractivity contribution in [3.8, 4) is 0 Å². The molecule has 0 aliphatic carbocycles. The summed E-state index contributed by atoms with van der Waals surface area (Å²) >= 11 is 0. The fraction of sp³-hybridized carbons (Fsp3) is 0.429. The molecule has 11 heteroatoms. The van der Waals surface area contributed by atoms with Gasteiger partial charge in [-0.25, -0.2) is 21.2 Å². The Labute approximate surface area is 144 Å². The third-order valence-electron chi connectivity index (χ3n) is 3.88. The second-order valence-electron chi connectivity index (χ2n) is 5.79. The summed E-state index contributed by atoms with van der Waals surface area (Å²) in [4.78, 5) is 0. The zero-order valence-corrected chi connectivity index (χ0v) is 14.9. The minimum Gasteiger partial charge on any atom is -0.411 e. The van der Waals surface area contributed by atoms with Gasteiger partial charge in [0.15, 0.2) is 0 Å². The van der Waals surface area contributed by atoms with Crippen LogP contribution in [0.5, 0.6) is 0 Å². The maximum Gasteiger partial charge on any atom is 0.335 e. The molecule has 25 heavy (non-hydrogen) atoms. The lowest BCUT2D eigenvalue weighted by Gasteiger charge is -2.21. The number of hydrogen-bond acceptors (Lipinski definition) is 7. The summed E-state index contributed by atoms with van der Waals surface area (Å²) in [6, 6.07) is 4.90. The van der Waals surface area contributed by atoms with E-state index in [1.807, 2.05) is 0 Å². The highest BCUT2D eigenvalue weighted by Gasteiger charge is 2.39. The Morgan fingerprint density at radius 1 is 1.24 bits per heavy atom. The van der Waals surface area contributed by atoms with E-state index in [4.69, 9.17) is 4.42 Å². The average molecular weight is 389 g/mol. The normalized spacial score (nSPS) is 19.4. The number of halogens is 1. The second-order valence-corrected chi connectivity index (χ2v) is 9.61. The molecule has 0 bridgehead atoms. The lowest BCUT2D eigenvalue weighted by atomic mass is 10.2. The largest absolute Gasteiger partial charge is 0.411 e. The summed E-state index contributed by atoms with van der Waals surface area (Å²) in [5, 5.41) is 6.58. The summed E-state index contributed by atoms with van der Waals surface area (Å²) < 4.78 is 68.4. The fourth-order valence-corrected chi connectivity index (χ4v) is 4.93. The van der Waals surface area contributed by atoms with Crippen LogP contribution in [-0.4, -0.2) is 44.1 Å². The van der Waals surface area contributed by atoms with E-state index in [9.17, 15) is 21.2 Å². The third kappa shape index (κ3) is 3.72. The van der Waals surface area contributed by atoms with Crippen molar-refractivity contribution in [2.75, 3.05) is 12.8 Å². The number of rotatable bonds is 5. The molecule has 1 aromatic heterocycles. The Kier molecular flexibility index (Phi) is 4.64. The van der Waals surface area contributed by atoms with Gasteiger partial charge in [-0.05, 0) is 18.9 Å². The molecule has 2 aromatic rings. The molecule has 8 nitrogen and oxygen atoms in total. The van der Waals surface area contributed by atoms with Crippen molar-refractivity contribution < 1.29 is 25.6 Å². The molecule has 2 heterocycles. The molecule has 0 N–H and O–H groups in total. The topological polar surface area (TPSA) is 110 Å². The van der Waals surface area contributed by atoms with Gasteiger partial charge in [-0.1, -0.05) is 23.3 Å². The minimum absolute atomic E-state index is 0.0653. The van der Waals surface area contributed by atoms with Crippen molar-refractivity contribution in [3.05, 3.63) is 41.5 Å². The quantitative estimate of drug-likeness (QED) is 0.757. The highest BCUT2D eigenvalue weighted by atomic mass is 32.2. The molecule has 1 saturated heterocycles. The molecule has 0 unspecified atom stereocenters. The van der Waals surface area contributed by atoms with Crippen LogP contribution in [0.15, 0.2) is 33.9 Å². The van der Waals surface area contributed by atoms with Gasteiger partial charge in [0.1, 0.15) is 11.9 Å². The van der Waals surface area contributed by atoms with Crippen molar-refractivity contribution in [1.82, 2.24) is 14.5 Å². The van der Waals surface area contributed by atoms with Gasteiger partial charge in [0.05, 0.1) is 5.75 Å². The van der Waals surface area contributed by atoms with Gasteiger partial charge in [-0.2, -0.15) is 4.31 Å². The van der Waals surface area contributed by atoms with Crippen LogP contribution >= 0.6 is 0 Å². The van der Waals surface area contributed by atoms with Crippen molar-refractivity contribution in [2.45, 2.75) is 29.9 Å². The molecule has 0 spiro atoms. The van der Waals surface area contributed by atoms with Crippen LogP contribution in [0, 0.1) is 5.82 Å². The van der Waals surface area contributed by atoms with Crippen LogP contribution in [0.4, 0.5) is 4.39 Å². The Morgan fingerprint density at radius 3 is 2.60 bits per heavy atom. The van der Waals surface area contributed by atoms with Crippen LogP contribution in [-0.2, 0) is 25.6 Å². The van der Waals surface area contributed by atoms with Crippen LogP contribution in [0.2, 0.25) is 0 Å². The predicted molar refractivity (Wildman–Crippen MR) is 85.1 cm³/mol. The van der Waals surface area contributed by atoms with Crippen molar-refractivity contribution in [3.63, 3.8) is 0 Å². The summed E-state index contributed by atoms with van der Waals surface area (Å²) in [5.74, 6) is -1.17. The second kappa shape index (κ2) is 6.46. The number of benzene rings is 1. The van der Waals surface area contributed by atoms with Gasteiger partial charge < -0.3 is 4.42 Å². The molecule has 1 aliphatic heterocycles. The summed E-state index contributed by atoms with van der Waals surface area (Å²) in [6.07, 6.45) is 1.89. The molecule has 1 aliphatic rings. The lowest BCUT2D eigenvalue weighted by Crippen LogP contribution is -2.32. The first kappa shape index (κ1) is 18.0. The van der Waals surface area contributed by atoms with Crippen molar-refractivity contribution in [1.29, 1.82) is 0 Å². The number of sulfonamides is 1. The third-order valence-corrected chi connectivity index (χ3v) is 6.51. The van der Waals surface area contributed by atoms with E-state index in [2.05, 4.69) is 10.2 Å². The molecule has 136 valence electrons. The number of nitrogens with zero attached hydrogens (tertiary/aromatic N) is 3. The van der Waals surface area contributed by atoms with E-state index in [1.54, 1.807) is 6.07 Å². The van der Waals surface area contributed by atoms with Crippen molar-refractivity contribution in [2.24, 2.45) is 0 Å². The zero-order valence-electron chi connectivity index (χ0n) is 13.3. The minimum atomic E-state index is -3.84. The standard InChI is InChI=1S/C14H16FN3O5S2/c1-24(19,20)14-17-16-13(23-14)12-7-4-8-18(12)25(21,22)9-10-5-2-3-6-11(10)15/h2-3,5-6,12H,4,7-9H2,1H3/t12-/m0/s1. The van der Waals surface area contributed by atoms with E-state index in [0.717, 1.165) is 6.26 Å². The van der Waals surface area contributed by atoms with E-state index in [-0.39, 0.29) is 18.0 Å². The van der Waals surface area contributed by atoms with Gasteiger partial charge >= 0.3 is 5.22 Å². The Hall–Kier alpha value is -1.85. The first-order valence-electron chi connectivity index (χ1n) is 7.45. The molecule has 0 radical (unpaired) electrons. The first-order valence-corrected chi connectivity index (χ1v) is 10.9. The molecule has 1 atom stereocenters. The highest BCUT2D eigenvalue weighted by molar-refractivity contribution is 7.90. The van der Waals surface area contributed by atoms with E-state index < -0.39 is 42.7 Å². The van der Waals surface area contributed by atoms with Crippen LogP contribution in [0.1, 0.15) is 30.3 Å². The zero-order chi connectivity index (χ0) is 18.2. The van der Waals surface area contributed by atoms with Crippen molar-refractivity contribution >= 4 is 19.9 Å². The Bertz CT molecular complexity index is 987. The van der Waals surface area contributed by atoms with Gasteiger partial charge in [0, 0.05) is 18.4 Å². The molecule has 1 aromatic carbocycles. The smallest absolute Gasteiger partial charge is 0.335 e. The molecular weight excluding hydrogens is 373 g/mol. The SMILES string of the molecule is CS(=O)(=O)c1nnc([C@@H]2CCCN2S(=O)(=O)Cc2ccccc2F)o1. The summed E-state index contributed by atoms with van der Waals surface area (Å²) in [5.41, 5.74) is 0.0653. The number of hydrogen-bond donors (Lipinski definition) is 0. The molecule has 0 saturated carbocycles. The van der Waals surface area contributed by atoms with E-state index >= 15 is 0 Å². The van der Waals surface area contributed by atoms with Crippen LogP contribution < -0.4 is 0 Å². The number of aromatic nitrogens is 2. The highest BCUT2D eigenvalue weighted by Crippen LogP contribution is 2.35. The monoisotopic (exact) mass is 389 g/mol. The maximum atomic E-state index is 13.8. The fourth-order valence-electron chi connectivity index (χ4n) is 2.72. The van der Waals surface area contributed by atoms with Gasteiger partial charge in [-0.15, -0.1) is 5.10 Å². The van der Waals surface area contributed by atoms with Crippen LogP contribution in [0.25, 0.3) is 0 Å². The summed E-state index contributed by atoms with van der Waals surface area (Å²) in [7, 11) is -7.52. The van der Waals surface area contributed by atoms with Gasteiger partial charge in [0.2, 0.25) is 25.8 Å². The Balaban J connectivity index is 1.88. The summed E-state index contributed by atoms with van der Waals surface area (Å²) in [6.45, 7) is 0.220. The molecule has 1 fully saturated rings. The molecule has 0 amide bonds. The number of sulfone groups is 1. The van der Waals surface area contributed by atoms with Gasteiger partial charge in [0.25, 0.3) is 0 Å². The average Bonchev–Trinajstić information content (AvgIpc) is 3.17. The van der Waals surface area contributed by atoms with Gasteiger partial charge in [-0.3, -0.25) is 0 Å². The van der Waals surface area contributed by atoms with E-state index in [0.29, 0.717) is 12.8 Å². The molecule has 3 rings (SSSR count). The van der Waals surface area contributed by atoms with Crippen LogP contribution in [0.3, 0.4) is 0 Å². The maximum absolute atomic E-state index is 13.8.